The maximum absolute atomic E-state index is 12.0. The summed E-state index contributed by atoms with van der Waals surface area (Å²) in [7, 11) is 0. The van der Waals surface area contributed by atoms with Crippen LogP contribution in [0.1, 0.15) is 16.7 Å². The van der Waals surface area contributed by atoms with Crippen LogP contribution >= 0.6 is 0 Å². The largest absolute Gasteiger partial charge is 0.348 e. The molecule has 0 aliphatic heterocycles. The van der Waals surface area contributed by atoms with Crippen LogP contribution in [-0.4, -0.2) is 5.91 Å². The molecule has 0 bridgehead atoms. The van der Waals surface area contributed by atoms with Gasteiger partial charge in [0.2, 0.25) is 5.91 Å². The highest BCUT2D eigenvalue weighted by Crippen LogP contribution is 2.18. The SMILES string of the molecule is Cc1ccc(/C=C/C(=O)NCc2cccc3ccccc23)cc1. The van der Waals surface area contributed by atoms with Crippen molar-refractivity contribution in [3.8, 4) is 0 Å². The van der Waals surface area contributed by atoms with Crippen molar-refractivity contribution in [2.75, 3.05) is 0 Å². The third-order valence-corrected chi connectivity index (χ3v) is 3.84. The molecule has 3 aromatic carbocycles. The van der Waals surface area contributed by atoms with Gasteiger partial charge in [0.15, 0.2) is 0 Å². The molecule has 0 fully saturated rings. The third kappa shape index (κ3) is 3.86. The molecule has 23 heavy (non-hydrogen) atoms. The summed E-state index contributed by atoms with van der Waals surface area (Å²) in [5, 5.41) is 5.31. The van der Waals surface area contributed by atoms with Gasteiger partial charge >= 0.3 is 0 Å². The van der Waals surface area contributed by atoms with Gasteiger partial charge in [0.25, 0.3) is 0 Å². The fraction of sp³-hybridized carbons (Fsp3) is 0.0952. The maximum Gasteiger partial charge on any atom is 0.244 e. The second-order valence-corrected chi connectivity index (χ2v) is 5.60. The van der Waals surface area contributed by atoms with Gasteiger partial charge in [-0.05, 0) is 34.9 Å². The topological polar surface area (TPSA) is 29.1 Å². The summed E-state index contributed by atoms with van der Waals surface area (Å²) in [6.07, 6.45) is 3.41. The van der Waals surface area contributed by atoms with Gasteiger partial charge in [-0.1, -0.05) is 72.3 Å². The number of amides is 1. The van der Waals surface area contributed by atoms with Gasteiger partial charge in [-0.2, -0.15) is 0 Å². The number of hydrogen-bond acceptors (Lipinski definition) is 1. The zero-order valence-corrected chi connectivity index (χ0v) is 13.1. The molecule has 0 heterocycles. The van der Waals surface area contributed by atoms with Gasteiger partial charge in [-0.15, -0.1) is 0 Å². The van der Waals surface area contributed by atoms with Crippen LogP contribution < -0.4 is 5.32 Å². The van der Waals surface area contributed by atoms with Crippen molar-refractivity contribution in [2.45, 2.75) is 13.5 Å². The van der Waals surface area contributed by atoms with E-state index in [1.807, 2.05) is 61.5 Å². The van der Waals surface area contributed by atoms with Crippen molar-refractivity contribution >= 4 is 22.8 Å². The monoisotopic (exact) mass is 301 g/mol. The first-order chi connectivity index (χ1) is 11.2. The minimum Gasteiger partial charge on any atom is -0.348 e. The van der Waals surface area contributed by atoms with E-state index >= 15 is 0 Å². The van der Waals surface area contributed by atoms with E-state index in [-0.39, 0.29) is 5.91 Å². The van der Waals surface area contributed by atoms with Crippen LogP contribution in [0.3, 0.4) is 0 Å². The molecule has 0 spiro atoms. The predicted octanol–water partition coefficient (Wildman–Crippen LogP) is 4.48. The normalized spacial score (nSPS) is 11.0. The standard InChI is InChI=1S/C21H19NO/c1-16-9-11-17(12-10-16)13-14-21(23)22-15-19-7-4-6-18-5-2-3-8-20(18)19/h2-14H,15H2,1H3,(H,22,23)/b14-13+. The second-order valence-electron chi connectivity index (χ2n) is 5.60. The van der Waals surface area contributed by atoms with Crippen LogP contribution in [0.25, 0.3) is 16.8 Å². The van der Waals surface area contributed by atoms with Crippen molar-refractivity contribution < 1.29 is 4.79 Å². The molecule has 3 rings (SSSR count). The Kier molecular flexibility index (Phi) is 4.53. The summed E-state index contributed by atoms with van der Waals surface area (Å²) in [6.45, 7) is 2.57. The Labute approximate surface area is 136 Å². The van der Waals surface area contributed by atoms with E-state index in [9.17, 15) is 4.79 Å². The van der Waals surface area contributed by atoms with E-state index in [1.54, 1.807) is 6.08 Å². The molecule has 2 heteroatoms. The number of fused-ring (bicyclic) bond motifs is 1. The Morgan fingerprint density at radius 1 is 0.957 bits per heavy atom. The van der Waals surface area contributed by atoms with Crippen LogP contribution in [0.2, 0.25) is 0 Å². The van der Waals surface area contributed by atoms with Crippen molar-refractivity contribution in [1.29, 1.82) is 0 Å². The number of carbonyl (C=O) groups is 1. The van der Waals surface area contributed by atoms with Crippen LogP contribution in [0.5, 0.6) is 0 Å². The van der Waals surface area contributed by atoms with Crippen LogP contribution in [0, 0.1) is 6.92 Å². The zero-order chi connectivity index (χ0) is 16.1. The maximum atomic E-state index is 12.0. The van der Waals surface area contributed by atoms with E-state index < -0.39 is 0 Å². The molecule has 0 saturated carbocycles. The van der Waals surface area contributed by atoms with Gasteiger partial charge < -0.3 is 5.32 Å². The fourth-order valence-corrected chi connectivity index (χ4v) is 2.54. The van der Waals surface area contributed by atoms with Gasteiger partial charge in [-0.3, -0.25) is 4.79 Å². The molecule has 0 unspecified atom stereocenters. The Morgan fingerprint density at radius 3 is 2.52 bits per heavy atom. The zero-order valence-electron chi connectivity index (χ0n) is 13.1. The number of benzene rings is 3. The lowest BCUT2D eigenvalue weighted by Crippen LogP contribution is -2.20. The average molecular weight is 301 g/mol. The quantitative estimate of drug-likeness (QED) is 0.707. The van der Waals surface area contributed by atoms with Crippen molar-refractivity contribution in [3.05, 3.63) is 89.5 Å². The fourth-order valence-electron chi connectivity index (χ4n) is 2.54. The lowest BCUT2D eigenvalue weighted by atomic mass is 10.0. The lowest BCUT2D eigenvalue weighted by molar-refractivity contribution is -0.116. The highest BCUT2D eigenvalue weighted by molar-refractivity contribution is 5.92. The Hall–Kier alpha value is -2.87. The molecule has 2 nitrogen and oxygen atoms in total. The number of aryl methyl sites for hydroxylation is 1. The van der Waals surface area contributed by atoms with Gasteiger partial charge in [0.05, 0.1) is 0 Å². The molecule has 3 aromatic rings. The minimum absolute atomic E-state index is 0.0847. The minimum atomic E-state index is -0.0847. The molecule has 0 aliphatic rings. The molecule has 1 amide bonds. The summed E-state index contributed by atoms with van der Waals surface area (Å²) in [6, 6.07) is 22.4. The predicted molar refractivity (Wildman–Crippen MR) is 96.0 cm³/mol. The molecular weight excluding hydrogens is 282 g/mol. The van der Waals surface area contributed by atoms with E-state index in [2.05, 4.69) is 23.5 Å². The smallest absolute Gasteiger partial charge is 0.244 e. The summed E-state index contributed by atoms with van der Waals surface area (Å²) in [5.74, 6) is -0.0847. The van der Waals surface area contributed by atoms with E-state index in [4.69, 9.17) is 0 Å². The van der Waals surface area contributed by atoms with E-state index in [1.165, 1.54) is 16.3 Å². The molecule has 0 atom stereocenters. The summed E-state index contributed by atoms with van der Waals surface area (Å²) >= 11 is 0. The number of carbonyl (C=O) groups excluding carboxylic acids is 1. The number of nitrogens with one attached hydrogen (secondary N) is 1. The molecule has 0 saturated heterocycles. The summed E-state index contributed by atoms with van der Waals surface area (Å²) in [5.41, 5.74) is 3.36. The molecule has 114 valence electrons. The third-order valence-electron chi connectivity index (χ3n) is 3.84. The molecule has 1 N–H and O–H groups in total. The van der Waals surface area contributed by atoms with Crippen molar-refractivity contribution in [2.24, 2.45) is 0 Å². The lowest BCUT2D eigenvalue weighted by Gasteiger charge is -2.07. The van der Waals surface area contributed by atoms with E-state index in [0.29, 0.717) is 6.54 Å². The molecule has 0 aromatic heterocycles. The highest BCUT2D eigenvalue weighted by atomic mass is 16.1. The van der Waals surface area contributed by atoms with Gasteiger partial charge in [0.1, 0.15) is 0 Å². The first-order valence-corrected chi connectivity index (χ1v) is 7.71. The highest BCUT2D eigenvalue weighted by Gasteiger charge is 2.01. The Bertz CT molecular complexity index is 842. The van der Waals surface area contributed by atoms with Gasteiger partial charge in [0, 0.05) is 12.6 Å². The number of rotatable bonds is 4. The summed E-state index contributed by atoms with van der Waals surface area (Å²) in [4.78, 5) is 12.0. The summed E-state index contributed by atoms with van der Waals surface area (Å²) < 4.78 is 0. The van der Waals surface area contributed by atoms with Crippen molar-refractivity contribution in [1.82, 2.24) is 5.32 Å². The molecular formula is C21H19NO. The number of hydrogen-bond donors (Lipinski definition) is 1. The second kappa shape index (κ2) is 6.93. The van der Waals surface area contributed by atoms with E-state index in [0.717, 1.165) is 11.1 Å². The first kappa shape index (κ1) is 15.0. The van der Waals surface area contributed by atoms with Crippen LogP contribution in [0.15, 0.2) is 72.8 Å². The first-order valence-electron chi connectivity index (χ1n) is 7.71. The van der Waals surface area contributed by atoms with Gasteiger partial charge in [-0.25, -0.2) is 0 Å². The molecule has 0 aliphatic carbocycles. The van der Waals surface area contributed by atoms with Crippen molar-refractivity contribution in [3.63, 3.8) is 0 Å². The molecule has 0 radical (unpaired) electrons. The van der Waals surface area contributed by atoms with Crippen LogP contribution in [0.4, 0.5) is 0 Å². The Morgan fingerprint density at radius 2 is 1.70 bits per heavy atom. The Balaban J connectivity index is 1.65. The average Bonchev–Trinajstić information content (AvgIpc) is 2.59. The van der Waals surface area contributed by atoms with Crippen LogP contribution in [-0.2, 0) is 11.3 Å².